The van der Waals surface area contributed by atoms with E-state index in [9.17, 15) is 4.79 Å². The summed E-state index contributed by atoms with van der Waals surface area (Å²) in [5.74, 6) is 0.565. The maximum absolute atomic E-state index is 10.8. The summed E-state index contributed by atoms with van der Waals surface area (Å²) in [6.07, 6.45) is 1.50. The minimum atomic E-state index is -1.02. The summed E-state index contributed by atoms with van der Waals surface area (Å²) in [5, 5.41) is 8.88. The maximum atomic E-state index is 10.8. The molecule has 1 aromatic heterocycles. The number of carboxylic acid groups (broad SMARTS) is 1. The highest BCUT2D eigenvalue weighted by Crippen LogP contribution is 2.30. The molecule has 0 amide bonds. The van der Waals surface area contributed by atoms with Crippen LogP contribution in [0, 0.1) is 11.8 Å². The summed E-state index contributed by atoms with van der Waals surface area (Å²) in [7, 11) is 0. The molecule has 6 nitrogen and oxygen atoms in total. The molecule has 1 aromatic rings. The second kappa shape index (κ2) is 3.96. The molecule has 2 atom stereocenters. The van der Waals surface area contributed by atoms with Gasteiger partial charge in [0, 0.05) is 31.1 Å². The van der Waals surface area contributed by atoms with Crippen LogP contribution >= 0.6 is 0 Å². The van der Waals surface area contributed by atoms with E-state index in [0.717, 1.165) is 26.3 Å². The third-order valence-electron chi connectivity index (χ3n) is 3.39. The van der Waals surface area contributed by atoms with Crippen LogP contribution in [-0.2, 0) is 4.74 Å². The SMILES string of the molecule is O=C(O)c1ccnc(N2CC3COCC3C2)n1. The lowest BCUT2D eigenvalue weighted by Gasteiger charge is -2.16. The Bertz CT molecular complexity index is 439. The molecule has 3 heterocycles. The first-order chi connectivity index (χ1) is 8.24. The van der Waals surface area contributed by atoms with Crippen molar-refractivity contribution in [1.29, 1.82) is 0 Å². The van der Waals surface area contributed by atoms with Crippen molar-refractivity contribution < 1.29 is 14.6 Å². The molecule has 0 spiro atoms. The molecular weight excluding hydrogens is 222 g/mol. The molecule has 90 valence electrons. The van der Waals surface area contributed by atoms with E-state index < -0.39 is 5.97 Å². The van der Waals surface area contributed by atoms with Crippen molar-refractivity contribution in [3.63, 3.8) is 0 Å². The Morgan fingerprint density at radius 2 is 2.12 bits per heavy atom. The van der Waals surface area contributed by atoms with Crippen LogP contribution in [-0.4, -0.2) is 47.3 Å². The van der Waals surface area contributed by atoms with Gasteiger partial charge in [-0.15, -0.1) is 0 Å². The van der Waals surface area contributed by atoms with Crippen LogP contribution < -0.4 is 4.90 Å². The van der Waals surface area contributed by atoms with Gasteiger partial charge in [0.15, 0.2) is 5.69 Å². The van der Waals surface area contributed by atoms with Crippen molar-refractivity contribution >= 4 is 11.9 Å². The zero-order chi connectivity index (χ0) is 11.8. The first-order valence-electron chi connectivity index (χ1n) is 5.63. The molecule has 17 heavy (non-hydrogen) atoms. The summed E-state index contributed by atoms with van der Waals surface area (Å²) in [6, 6.07) is 1.41. The van der Waals surface area contributed by atoms with E-state index in [1.807, 2.05) is 4.90 Å². The molecule has 2 saturated heterocycles. The third kappa shape index (κ3) is 1.84. The van der Waals surface area contributed by atoms with Gasteiger partial charge in [-0.05, 0) is 6.07 Å². The van der Waals surface area contributed by atoms with Gasteiger partial charge in [-0.1, -0.05) is 0 Å². The average molecular weight is 235 g/mol. The van der Waals surface area contributed by atoms with Gasteiger partial charge in [-0.2, -0.15) is 0 Å². The second-order valence-corrected chi connectivity index (χ2v) is 4.51. The Kier molecular flexibility index (Phi) is 2.44. The quantitative estimate of drug-likeness (QED) is 0.792. The lowest BCUT2D eigenvalue weighted by atomic mass is 10.0. The molecule has 0 bridgehead atoms. The fourth-order valence-corrected chi connectivity index (χ4v) is 2.47. The summed E-state index contributed by atoms with van der Waals surface area (Å²) in [4.78, 5) is 21.1. The first kappa shape index (κ1) is 10.5. The van der Waals surface area contributed by atoms with Crippen molar-refractivity contribution in [2.75, 3.05) is 31.2 Å². The third-order valence-corrected chi connectivity index (χ3v) is 3.39. The Labute approximate surface area is 98.2 Å². The van der Waals surface area contributed by atoms with Gasteiger partial charge in [0.05, 0.1) is 13.2 Å². The van der Waals surface area contributed by atoms with Crippen LogP contribution in [0.4, 0.5) is 5.95 Å². The standard InChI is InChI=1S/C11H13N3O3/c15-10(16)9-1-2-12-11(13-9)14-3-7-5-17-6-8(7)4-14/h1-2,7-8H,3-6H2,(H,15,16). The molecule has 0 radical (unpaired) electrons. The van der Waals surface area contributed by atoms with Crippen molar-refractivity contribution in [3.05, 3.63) is 18.0 Å². The van der Waals surface area contributed by atoms with Gasteiger partial charge >= 0.3 is 5.97 Å². The molecule has 2 fully saturated rings. The highest BCUT2D eigenvalue weighted by Gasteiger charge is 2.38. The summed E-state index contributed by atoms with van der Waals surface area (Å²) in [5.41, 5.74) is 0.0447. The lowest BCUT2D eigenvalue weighted by Crippen LogP contribution is -2.25. The predicted molar refractivity (Wildman–Crippen MR) is 59.0 cm³/mol. The van der Waals surface area contributed by atoms with Gasteiger partial charge in [-0.3, -0.25) is 0 Å². The van der Waals surface area contributed by atoms with Crippen LogP contribution in [0.2, 0.25) is 0 Å². The van der Waals surface area contributed by atoms with Gasteiger partial charge < -0.3 is 14.7 Å². The molecule has 6 heteroatoms. The lowest BCUT2D eigenvalue weighted by molar-refractivity contribution is 0.0690. The first-order valence-corrected chi connectivity index (χ1v) is 5.63. The van der Waals surface area contributed by atoms with Gasteiger partial charge in [0.25, 0.3) is 0 Å². The second-order valence-electron chi connectivity index (χ2n) is 4.51. The Morgan fingerprint density at radius 1 is 1.41 bits per heavy atom. The van der Waals surface area contributed by atoms with Crippen LogP contribution in [0.1, 0.15) is 10.5 Å². The molecule has 0 aromatic carbocycles. The minimum Gasteiger partial charge on any atom is -0.477 e. The number of nitrogens with zero attached hydrogens (tertiary/aromatic N) is 3. The molecule has 2 aliphatic rings. The Hall–Kier alpha value is -1.69. The predicted octanol–water partition coefficient (Wildman–Crippen LogP) is 0.257. The van der Waals surface area contributed by atoms with E-state index in [0.29, 0.717) is 17.8 Å². The van der Waals surface area contributed by atoms with Crippen molar-refractivity contribution in [3.8, 4) is 0 Å². The Morgan fingerprint density at radius 3 is 2.76 bits per heavy atom. The number of rotatable bonds is 2. The van der Waals surface area contributed by atoms with Crippen molar-refractivity contribution in [1.82, 2.24) is 9.97 Å². The van der Waals surface area contributed by atoms with Crippen LogP contribution in [0.15, 0.2) is 12.3 Å². The highest BCUT2D eigenvalue weighted by atomic mass is 16.5. The molecule has 0 aliphatic carbocycles. The molecule has 1 N–H and O–H groups in total. The number of hydrogen-bond donors (Lipinski definition) is 1. The zero-order valence-electron chi connectivity index (χ0n) is 9.24. The zero-order valence-corrected chi connectivity index (χ0v) is 9.24. The average Bonchev–Trinajstić information content (AvgIpc) is 2.89. The van der Waals surface area contributed by atoms with Gasteiger partial charge in [0.1, 0.15) is 0 Å². The summed E-state index contributed by atoms with van der Waals surface area (Å²) in [6.45, 7) is 3.29. The van der Waals surface area contributed by atoms with Gasteiger partial charge in [-0.25, -0.2) is 14.8 Å². The molecule has 2 aliphatic heterocycles. The smallest absolute Gasteiger partial charge is 0.354 e. The number of hydrogen-bond acceptors (Lipinski definition) is 5. The van der Waals surface area contributed by atoms with Gasteiger partial charge in [0.2, 0.25) is 5.95 Å². The fraction of sp³-hybridized carbons (Fsp3) is 0.545. The normalized spacial score (nSPS) is 27.2. The topological polar surface area (TPSA) is 75.5 Å². The van der Waals surface area contributed by atoms with E-state index in [4.69, 9.17) is 9.84 Å². The number of anilines is 1. The number of carbonyl (C=O) groups is 1. The van der Waals surface area contributed by atoms with E-state index in [1.165, 1.54) is 12.3 Å². The van der Waals surface area contributed by atoms with Crippen LogP contribution in [0.25, 0.3) is 0 Å². The van der Waals surface area contributed by atoms with E-state index in [1.54, 1.807) is 0 Å². The molecule has 3 rings (SSSR count). The highest BCUT2D eigenvalue weighted by molar-refractivity contribution is 5.85. The minimum absolute atomic E-state index is 0.0447. The van der Waals surface area contributed by atoms with Crippen molar-refractivity contribution in [2.24, 2.45) is 11.8 Å². The van der Waals surface area contributed by atoms with Crippen molar-refractivity contribution in [2.45, 2.75) is 0 Å². The van der Waals surface area contributed by atoms with Crippen LogP contribution in [0.3, 0.4) is 0 Å². The summed E-state index contributed by atoms with van der Waals surface area (Å²) >= 11 is 0. The van der Waals surface area contributed by atoms with E-state index >= 15 is 0 Å². The number of ether oxygens (including phenoxy) is 1. The van der Waals surface area contributed by atoms with E-state index in [2.05, 4.69) is 9.97 Å². The number of aromatic nitrogens is 2. The van der Waals surface area contributed by atoms with Crippen LogP contribution in [0.5, 0.6) is 0 Å². The largest absolute Gasteiger partial charge is 0.477 e. The number of carboxylic acids is 1. The molecular formula is C11H13N3O3. The Balaban J connectivity index is 1.81. The fourth-order valence-electron chi connectivity index (χ4n) is 2.47. The molecule has 2 unspecified atom stereocenters. The number of fused-ring (bicyclic) bond motifs is 1. The summed E-state index contributed by atoms with van der Waals surface area (Å²) < 4.78 is 5.40. The van der Waals surface area contributed by atoms with E-state index in [-0.39, 0.29) is 5.69 Å². The maximum Gasteiger partial charge on any atom is 0.354 e. The number of aromatic carboxylic acids is 1. The molecule has 0 saturated carbocycles. The monoisotopic (exact) mass is 235 g/mol.